The fourth-order valence-electron chi connectivity index (χ4n) is 13.1. The number of amides is 4. The van der Waals surface area contributed by atoms with E-state index < -0.39 is 359 Å². The fraction of sp³-hybridized carbons (Fsp3) is 0.804. The number of rotatable bonds is 40. The minimum absolute atomic E-state index is 0.217. The molecule has 68 heteroatoms. The standard InChI is InChI=1S/C56H84N4O59S5/c1-11(63)57-15(6-61)34(25(69)17(68)8-101-120(86,87)88)108-54-31(75)29(73)39(43(115-54)47(80)81)113-51-23(59-13(3)65)37(28(72)21(107-51)10-103-122(92,93)94)110-56-42(119-124(98,99)100)33(77)41(45(117-56)49(84)85)114-52-24(60-14(4)66)38(35(19(7-62)105-52)118-123(95,96)97)111-55-32(76)30(74)40(44(116-55)48(82)83)112-50-22(58-12(2)64)36(27(71)20(106-50)9-102-121(89,90)91)109-53-26(70)16(67)5-18(104-53)46(78)79/h5-6,15-17,19-45,50-56,62,67-77H,7-10H2,1-4H3,(H,57,63)(H,58,64)(H,59,65)(H,60,66)(H,78,79)(H,80,81)(H,82,83)(H,84,85)(H,86,87,88)(H,89,90,91)(H,92,93,94)(H,95,96,97)(H,98,99,100)/t15-,16-,17+,19+,20+,21+,22+,23+,24+,25-,26+,27-,28-,29+,30+,31+,32+,33-,34+,35-,36+,37+,38+,39-,40-,41-,42+,43-,44-,45-,50-,51-,52-,53+,54+,55+,56+/m0/s1. The van der Waals surface area contributed by atoms with Crippen LogP contribution in [0.4, 0.5) is 0 Å². The molecule has 25 N–H and O–H groups in total. The van der Waals surface area contributed by atoms with Gasteiger partial charge in [-0.15, -0.1) is 0 Å². The molecule has 712 valence electrons. The van der Waals surface area contributed by atoms with Crippen molar-refractivity contribution >= 4 is 106 Å². The molecule has 7 aliphatic heterocycles. The second-order valence-electron chi connectivity index (χ2n) is 27.3. The maximum absolute atomic E-state index is 13.6. The summed E-state index contributed by atoms with van der Waals surface area (Å²) in [5.41, 5.74) is 0. The summed E-state index contributed by atoms with van der Waals surface area (Å²) in [6, 6.07) is -9.75. The van der Waals surface area contributed by atoms with Gasteiger partial charge in [0.05, 0.1) is 26.4 Å². The van der Waals surface area contributed by atoms with Crippen molar-refractivity contribution in [2.75, 3.05) is 26.4 Å². The summed E-state index contributed by atoms with van der Waals surface area (Å²) in [6.07, 6.45) is -91.1. The molecule has 0 unspecified atom stereocenters. The average Bonchev–Trinajstić information content (AvgIpc) is 0.755. The van der Waals surface area contributed by atoms with E-state index in [0.717, 1.165) is 13.8 Å². The topological polar surface area (TPSA) is 973 Å². The maximum atomic E-state index is 13.6. The van der Waals surface area contributed by atoms with E-state index in [1.54, 1.807) is 0 Å². The summed E-state index contributed by atoms with van der Waals surface area (Å²) in [5, 5.41) is 186. The van der Waals surface area contributed by atoms with Gasteiger partial charge in [-0.3, -0.25) is 41.9 Å². The molecular weight excluding hydrogens is 1830 g/mol. The van der Waals surface area contributed by atoms with Crippen molar-refractivity contribution in [3.05, 3.63) is 11.8 Å². The lowest BCUT2D eigenvalue weighted by molar-refractivity contribution is -0.376. The molecule has 4 amide bonds. The molecule has 0 aromatic carbocycles. The van der Waals surface area contributed by atoms with E-state index >= 15 is 0 Å². The SMILES string of the molecule is CC(=O)N[C@H]1[C@H](O[C@H]2[C@H](O)[C@@H](OS(=O)(=O)O)[C@H](O[C@H]3[C@@H](O)[C@@H](COS(=O)(=O)O)O[C@@H](O[C@H]4[C@H](O)[C@@H](O)[C@H](O[C@@H]([C@@H](O)[C@H](O)COS(=O)(=O)O)[C@H](C=O)NC(C)=O)O[C@@H]4C(=O)O)[C@@H]3NC(C)=O)O[C@@H]2C(=O)O)O[C@H](CO)[C@H](OS(=O)(=O)O)[C@@H]1O[C@@H]1O[C@H](C(=O)O)[C@@H](O[C@@H]2O[C@H](COS(=O)(=O)O)[C@H](O)[C@H](O[C@H]3OC(C(=O)O)=C[C@H](O)[C@H]3O)[C@H]2NC(C)=O)[C@H](O)[C@H]1O. The molecule has 6 saturated heterocycles. The van der Waals surface area contributed by atoms with Crippen molar-refractivity contribution in [2.45, 2.75) is 255 Å². The van der Waals surface area contributed by atoms with E-state index in [0.29, 0.717) is 19.9 Å². The highest BCUT2D eigenvalue weighted by molar-refractivity contribution is 7.81. The molecule has 0 aromatic rings. The first-order chi connectivity index (χ1) is 57.1. The van der Waals surface area contributed by atoms with Gasteiger partial charge in [-0.1, -0.05) is 0 Å². The lowest BCUT2D eigenvalue weighted by Crippen LogP contribution is -2.72. The van der Waals surface area contributed by atoms with Crippen molar-refractivity contribution < 1.29 is 277 Å². The van der Waals surface area contributed by atoms with Crippen LogP contribution in [0.3, 0.4) is 0 Å². The number of carboxylic acid groups (broad SMARTS) is 4. The van der Waals surface area contributed by atoms with Crippen LogP contribution < -0.4 is 21.3 Å². The Morgan fingerprint density at radius 2 is 0.790 bits per heavy atom. The summed E-state index contributed by atoms with van der Waals surface area (Å²) in [5.74, 6) is -15.2. The predicted octanol–water partition coefficient (Wildman–Crippen LogP) is -17.4. The Hall–Kier alpha value is -6.68. The summed E-state index contributed by atoms with van der Waals surface area (Å²) in [7, 11) is -29.0. The van der Waals surface area contributed by atoms with E-state index in [1.165, 1.54) is 0 Å². The van der Waals surface area contributed by atoms with Crippen LogP contribution in [0.5, 0.6) is 0 Å². The molecule has 7 rings (SSSR count). The van der Waals surface area contributed by atoms with E-state index in [4.69, 9.17) is 75.1 Å². The number of ether oxygens (including phenoxy) is 14. The van der Waals surface area contributed by atoms with Crippen molar-refractivity contribution in [2.24, 2.45) is 0 Å². The summed E-state index contributed by atoms with van der Waals surface area (Å²) >= 11 is 0. The first-order valence-electron chi connectivity index (χ1n) is 34.8. The smallest absolute Gasteiger partial charge is 0.397 e. The number of hydrogen-bond donors (Lipinski definition) is 25. The molecule has 124 heavy (non-hydrogen) atoms. The number of aliphatic carboxylic acids is 4. The van der Waals surface area contributed by atoms with Crippen LogP contribution in [0.2, 0.25) is 0 Å². The molecule has 0 spiro atoms. The summed E-state index contributed by atoms with van der Waals surface area (Å²) in [6.45, 7) is -3.81. The highest BCUT2D eigenvalue weighted by atomic mass is 32.3. The molecule has 0 bridgehead atoms. The Morgan fingerprint density at radius 1 is 0.419 bits per heavy atom. The number of carbonyl (C=O) groups excluding carboxylic acids is 5. The Morgan fingerprint density at radius 3 is 1.18 bits per heavy atom. The second-order valence-corrected chi connectivity index (χ2v) is 32.6. The zero-order valence-electron chi connectivity index (χ0n) is 62.8. The lowest BCUT2D eigenvalue weighted by Gasteiger charge is -2.51. The van der Waals surface area contributed by atoms with Crippen LogP contribution in [0.25, 0.3) is 0 Å². The first kappa shape index (κ1) is 104. The minimum Gasteiger partial charge on any atom is -0.479 e. The van der Waals surface area contributed by atoms with E-state index in [9.17, 15) is 185 Å². The Balaban J connectivity index is 1.25. The van der Waals surface area contributed by atoms with E-state index in [-0.39, 0.29) is 6.29 Å². The number of hydrogen-bond acceptors (Lipinski definition) is 50. The third kappa shape index (κ3) is 27.7. The Kier molecular flexibility index (Phi) is 35.9. The van der Waals surface area contributed by atoms with Gasteiger partial charge in [0.15, 0.2) is 62.2 Å². The molecule has 7 aliphatic rings. The molecule has 37 atom stereocenters. The van der Waals surface area contributed by atoms with Crippen molar-refractivity contribution in [1.82, 2.24) is 21.3 Å². The molecule has 0 aliphatic carbocycles. The van der Waals surface area contributed by atoms with Gasteiger partial charge in [0.25, 0.3) is 0 Å². The molecule has 0 aromatic heterocycles. The van der Waals surface area contributed by atoms with Crippen LogP contribution >= 0.6 is 0 Å². The summed E-state index contributed by atoms with van der Waals surface area (Å²) in [4.78, 5) is 116. The van der Waals surface area contributed by atoms with Gasteiger partial charge >= 0.3 is 75.9 Å². The van der Waals surface area contributed by atoms with Gasteiger partial charge in [-0.25, -0.2) is 40.1 Å². The normalized spacial score (nSPS) is 38.0. The largest absolute Gasteiger partial charge is 0.479 e. The van der Waals surface area contributed by atoms with Gasteiger partial charge in [-0.05, 0) is 6.08 Å². The predicted molar refractivity (Wildman–Crippen MR) is 365 cm³/mol. The van der Waals surface area contributed by atoms with Crippen molar-refractivity contribution in [1.29, 1.82) is 0 Å². The summed E-state index contributed by atoms with van der Waals surface area (Å²) < 4.78 is 270. The maximum Gasteiger partial charge on any atom is 0.397 e. The highest BCUT2D eigenvalue weighted by Gasteiger charge is 2.63. The average molecular weight is 1920 g/mol. The van der Waals surface area contributed by atoms with Crippen LogP contribution in [-0.2, 0) is 182 Å². The van der Waals surface area contributed by atoms with Crippen LogP contribution in [0, 0.1) is 0 Å². The van der Waals surface area contributed by atoms with Gasteiger partial charge in [0, 0.05) is 27.7 Å². The molecule has 6 fully saturated rings. The monoisotopic (exact) mass is 1920 g/mol. The zero-order chi connectivity index (χ0) is 93.6. The van der Waals surface area contributed by atoms with Gasteiger partial charge in [0.2, 0.25) is 35.7 Å². The number of aldehydes is 1. The van der Waals surface area contributed by atoms with Crippen LogP contribution in [0.15, 0.2) is 11.8 Å². The van der Waals surface area contributed by atoms with E-state index in [2.05, 4.69) is 22.0 Å². The Bertz CT molecular complexity index is 4400. The number of carbonyl (C=O) groups is 9. The van der Waals surface area contributed by atoms with E-state index in [1.807, 2.05) is 16.0 Å². The van der Waals surface area contributed by atoms with Gasteiger partial charge < -0.3 is 174 Å². The molecular formula is C56H84N4O59S5. The van der Waals surface area contributed by atoms with Gasteiger partial charge in [-0.2, -0.15) is 42.1 Å². The number of aliphatic hydroxyl groups is 12. The molecule has 7 heterocycles. The minimum atomic E-state index is -6.27. The van der Waals surface area contributed by atoms with Crippen molar-refractivity contribution in [3.63, 3.8) is 0 Å². The number of carboxylic acids is 4. The van der Waals surface area contributed by atoms with Crippen LogP contribution in [0.1, 0.15) is 27.7 Å². The third-order valence-corrected chi connectivity index (χ3v) is 20.5. The fourth-order valence-corrected chi connectivity index (χ4v) is 15.0. The van der Waals surface area contributed by atoms with Crippen molar-refractivity contribution in [3.8, 4) is 0 Å². The molecule has 0 saturated carbocycles. The number of nitrogens with one attached hydrogen (secondary N) is 4. The third-order valence-electron chi connectivity index (χ3n) is 18.3. The van der Waals surface area contributed by atoms with Gasteiger partial charge in [0.1, 0.15) is 165 Å². The zero-order valence-corrected chi connectivity index (χ0v) is 66.9. The quantitative estimate of drug-likeness (QED) is 0.0200. The highest BCUT2D eigenvalue weighted by Crippen LogP contribution is 2.41. The first-order valence-corrected chi connectivity index (χ1v) is 41.6. The number of aliphatic hydroxyl groups excluding tert-OH is 12. The molecule has 63 nitrogen and oxygen atoms in total. The molecule has 0 radical (unpaired) electrons. The Labute approximate surface area is 694 Å². The van der Waals surface area contributed by atoms with Crippen LogP contribution in [-0.4, -0.2) is 454 Å². The second kappa shape index (κ2) is 42.7. The lowest BCUT2D eigenvalue weighted by atomic mass is 9.93.